The van der Waals surface area contributed by atoms with Gasteiger partial charge in [-0.2, -0.15) is 8.42 Å². The lowest BCUT2D eigenvalue weighted by atomic mass is 9.47. The Hall–Kier alpha value is -1.53. The number of rotatable bonds is 4. The van der Waals surface area contributed by atoms with E-state index in [1.165, 1.54) is 12.1 Å². The van der Waals surface area contributed by atoms with Crippen molar-refractivity contribution in [2.45, 2.75) is 50.3 Å². The Balaban J connectivity index is 1.50. The molecule has 4 fully saturated rings. The van der Waals surface area contributed by atoms with E-state index >= 15 is 0 Å². The Labute approximate surface area is 154 Å². The number of carbonyl (C=O) groups excluding carboxylic acids is 2. The number of Topliss-reactive ketones (excluding diaryl/α,β-unsaturated/α-hetero) is 2. The van der Waals surface area contributed by atoms with E-state index in [9.17, 15) is 18.0 Å². The lowest BCUT2D eigenvalue weighted by Gasteiger charge is -2.55. The summed E-state index contributed by atoms with van der Waals surface area (Å²) in [5.74, 6) is 0.314. The molecular formula is C20H24O5S. The first-order valence-corrected chi connectivity index (χ1v) is 10.7. The molecule has 0 aliphatic heterocycles. The Morgan fingerprint density at radius 3 is 2.62 bits per heavy atom. The highest BCUT2D eigenvalue weighted by Gasteiger charge is 2.59. The number of carbonyl (C=O) groups is 2. The Kier molecular flexibility index (Phi) is 4.31. The van der Waals surface area contributed by atoms with Gasteiger partial charge in [-0.15, -0.1) is 0 Å². The third-order valence-corrected chi connectivity index (χ3v) is 8.06. The minimum absolute atomic E-state index is 0.0812. The molecule has 1 aromatic rings. The van der Waals surface area contributed by atoms with Crippen LogP contribution in [-0.2, 0) is 23.9 Å². The monoisotopic (exact) mass is 376 g/mol. The summed E-state index contributed by atoms with van der Waals surface area (Å²) < 4.78 is 30.2. The molecule has 140 valence electrons. The molecule has 0 N–H and O–H groups in total. The second kappa shape index (κ2) is 6.27. The molecule has 0 saturated heterocycles. The number of fused-ring (bicyclic) bond motifs is 2. The molecule has 1 unspecified atom stereocenters. The van der Waals surface area contributed by atoms with Gasteiger partial charge >= 0.3 is 0 Å². The van der Waals surface area contributed by atoms with E-state index in [0.29, 0.717) is 19.3 Å². The van der Waals surface area contributed by atoms with Crippen molar-refractivity contribution in [3.8, 4) is 0 Å². The molecular weight excluding hydrogens is 352 g/mol. The van der Waals surface area contributed by atoms with Gasteiger partial charge in [0.25, 0.3) is 10.1 Å². The van der Waals surface area contributed by atoms with Gasteiger partial charge in [-0.25, -0.2) is 0 Å². The van der Waals surface area contributed by atoms with Gasteiger partial charge in [-0.1, -0.05) is 17.7 Å². The highest BCUT2D eigenvalue weighted by Crippen LogP contribution is 2.59. The number of hydrogen-bond acceptors (Lipinski definition) is 5. The second-order valence-electron chi connectivity index (χ2n) is 8.15. The zero-order valence-electron chi connectivity index (χ0n) is 14.9. The lowest BCUT2D eigenvalue weighted by molar-refractivity contribution is -0.161. The fourth-order valence-corrected chi connectivity index (χ4v) is 6.18. The standard InChI is InChI=1S/C20H24O5S/c1-13-2-4-17(5-3-13)26(23,24)25-12-18-14-6-8-20(19(18)22)9-7-16(21)11-15(20)10-14/h2-5,14-15,18H,6-12H2,1H3/t14-,15-,18?,20-/m0/s1. The van der Waals surface area contributed by atoms with Gasteiger partial charge in [0.2, 0.25) is 0 Å². The molecule has 2 bridgehead atoms. The molecule has 26 heavy (non-hydrogen) atoms. The Morgan fingerprint density at radius 1 is 1.15 bits per heavy atom. The summed E-state index contributed by atoms with van der Waals surface area (Å²) in [6, 6.07) is 6.51. The minimum atomic E-state index is -3.86. The van der Waals surface area contributed by atoms with Gasteiger partial charge in [-0.3, -0.25) is 13.8 Å². The lowest BCUT2D eigenvalue weighted by Crippen LogP contribution is -2.57. The predicted molar refractivity (Wildman–Crippen MR) is 94.9 cm³/mol. The summed E-state index contributed by atoms with van der Waals surface area (Å²) in [4.78, 5) is 25.1. The van der Waals surface area contributed by atoms with Gasteiger partial charge < -0.3 is 0 Å². The molecule has 4 aliphatic rings. The van der Waals surface area contributed by atoms with Crippen molar-refractivity contribution in [1.29, 1.82) is 0 Å². The third-order valence-electron chi connectivity index (χ3n) is 6.76. The molecule has 0 aromatic heterocycles. The van der Waals surface area contributed by atoms with Crippen LogP contribution in [0.1, 0.15) is 44.1 Å². The van der Waals surface area contributed by atoms with E-state index in [2.05, 4.69) is 0 Å². The van der Waals surface area contributed by atoms with Gasteiger partial charge in [0.05, 0.1) is 11.5 Å². The molecule has 1 spiro atoms. The summed E-state index contributed by atoms with van der Waals surface area (Å²) in [6.07, 6.45) is 4.23. The van der Waals surface area contributed by atoms with E-state index in [-0.39, 0.29) is 40.8 Å². The first-order chi connectivity index (χ1) is 12.3. The molecule has 0 amide bonds. The molecule has 0 radical (unpaired) electrons. The Morgan fingerprint density at radius 2 is 1.88 bits per heavy atom. The van der Waals surface area contributed by atoms with Gasteiger partial charge in [-0.05, 0) is 56.6 Å². The number of hydrogen-bond donors (Lipinski definition) is 0. The maximum atomic E-state index is 13.2. The average molecular weight is 376 g/mol. The second-order valence-corrected chi connectivity index (χ2v) is 9.77. The van der Waals surface area contributed by atoms with Crippen LogP contribution in [0.25, 0.3) is 0 Å². The summed E-state index contributed by atoms with van der Waals surface area (Å²) in [5.41, 5.74) is 0.560. The molecule has 4 atom stereocenters. The molecule has 4 saturated carbocycles. The van der Waals surface area contributed by atoms with Crippen LogP contribution in [0.5, 0.6) is 0 Å². The third kappa shape index (κ3) is 2.83. The fourth-order valence-electron chi connectivity index (χ4n) is 5.25. The topological polar surface area (TPSA) is 77.5 Å². The summed E-state index contributed by atoms with van der Waals surface area (Å²) in [6.45, 7) is 1.81. The summed E-state index contributed by atoms with van der Waals surface area (Å²) in [7, 11) is -3.86. The van der Waals surface area contributed by atoms with E-state index in [0.717, 1.165) is 24.8 Å². The van der Waals surface area contributed by atoms with Crippen LogP contribution in [0, 0.1) is 30.1 Å². The smallest absolute Gasteiger partial charge is 0.296 e. The van der Waals surface area contributed by atoms with Gasteiger partial charge in [0.1, 0.15) is 11.6 Å². The highest BCUT2D eigenvalue weighted by molar-refractivity contribution is 7.86. The molecule has 6 heteroatoms. The van der Waals surface area contributed by atoms with Crippen molar-refractivity contribution in [2.75, 3.05) is 6.61 Å². The first kappa shape index (κ1) is 17.9. The maximum Gasteiger partial charge on any atom is 0.296 e. The van der Waals surface area contributed by atoms with Crippen molar-refractivity contribution in [2.24, 2.45) is 23.2 Å². The van der Waals surface area contributed by atoms with Crippen molar-refractivity contribution in [3.63, 3.8) is 0 Å². The van der Waals surface area contributed by atoms with Crippen LogP contribution in [-0.4, -0.2) is 26.6 Å². The average Bonchev–Trinajstić information content (AvgIpc) is 2.61. The van der Waals surface area contributed by atoms with E-state index in [4.69, 9.17) is 4.18 Å². The maximum absolute atomic E-state index is 13.2. The zero-order valence-corrected chi connectivity index (χ0v) is 15.8. The van der Waals surface area contributed by atoms with Crippen LogP contribution in [0.15, 0.2) is 29.2 Å². The number of benzene rings is 1. The van der Waals surface area contributed by atoms with Crippen molar-refractivity contribution in [1.82, 2.24) is 0 Å². The van der Waals surface area contributed by atoms with E-state index < -0.39 is 15.5 Å². The number of ketones is 2. The van der Waals surface area contributed by atoms with Crippen molar-refractivity contribution >= 4 is 21.7 Å². The quantitative estimate of drug-likeness (QED) is 0.755. The zero-order chi connectivity index (χ0) is 18.5. The molecule has 0 heterocycles. The van der Waals surface area contributed by atoms with Crippen LogP contribution in [0.3, 0.4) is 0 Å². The van der Waals surface area contributed by atoms with Crippen LogP contribution < -0.4 is 0 Å². The largest absolute Gasteiger partial charge is 0.300 e. The van der Waals surface area contributed by atoms with Crippen LogP contribution in [0.4, 0.5) is 0 Å². The van der Waals surface area contributed by atoms with Crippen molar-refractivity contribution < 1.29 is 22.2 Å². The molecule has 5 nitrogen and oxygen atoms in total. The summed E-state index contributed by atoms with van der Waals surface area (Å²) in [5, 5.41) is 0. The fraction of sp³-hybridized carbons (Fsp3) is 0.600. The molecule has 1 aromatic carbocycles. The van der Waals surface area contributed by atoms with Gasteiger partial charge in [0.15, 0.2) is 0 Å². The summed E-state index contributed by atoms with van der Waals surface area (Å²) >= 11 is 0. The van der Waals surface area contributed by atoms with Crippen molar-refractivity contribution in [3.05, 3.63) is 29.8 Å². The first-order valence-electron chi connectivity index (χ1n) is 9.34. The predicted octanol–water partition coefficient (Wildman–Crippen LogP) is 3.05. The minimum Gasteiger partial charge on any atom is -0.300 e. The SMILES string of the molecule is Cc1ccc(S(=O)(=O)OCC2C(=O)[C@@]34CCC(=O)C[C@@H]3C[C@@H]2CC4)cc1. The molecule has 5 rings (SSSR count). The van der Waals surface area contributed by atoms with Gasteiger partial charge in [0, 0.05) is 24.2 Å². The number of aryl methyl sites for hydroxylation is 1. The van der Waals surface area contributed by atoms with E-state index in [1.807, 2.05) is 6.92 Å². The van der Waals surface area contributed by atoms with Crippen LogP contribution >= 0.6 is 0 Å². The van der Waals surface area contributed by atoms with E-state index in [1.54, 1.807) is 12.1 Å². The highest BCUT2D eigenvalue weighted by atomic mass is 32.2. The van der Waals surface area contributed by atoms with Crippen LogP contribution in [0.2, 0.25) is 0 Å². The Bertz CT molecular complexity index is 841. The normalized spacial score (nSPS) is 34.0. The molecule has 4 aliphatic carbocycles.